The predicted molar refractivity (Wildman–Crippen MR) is 294 cm³/mol. The van der Waals surface area contributed by atoms with Crippen LogP contribution in [0.15, 0.2) is 48.6 Å². The van der Waals surface area contributed by atoms with Crippen LogP contribution in [0.5, 0.6) is 0 Å². The second-order valence-corrected chi connectivity index (χ2v) is 21.3. The van der Waals surface area contributed by atoms with Crippen LogP contribution in [0.25, 0.3) is 0 Å². The van der Waals surface area contributed by atoms with E-state index in [2.05, 4.69) is 66.6 Å². The summed E-state index contributed by atoms with van der Waals surface area (Å²) < 4.78 is 59.4. The Morgan fingerprint density at radius 2 is 0.958 bits per heavy atom. The molecule has 1 aliphatic rings. The van der Waals surface area contributed by atoms with E-state index < -0.39 is 59.8 Å². The van der Waals surface area contributed by atoms with Crippen molar-refractivity contribution in [1.29, 1.82) is 0 Å². The van der Waals surface area contributed by atoms with E-state index in [-0.39, 0.29) is 19.6 Å². The summed E-state index contributed by atoms with van der Waals surface area (Å²) >= 11 is 0. The van der Waals surface area contributed by atoms with Crippen LogP contribution >= 0.6 is 0 Å². The molecule has 6 atom stereocenters. The summed E-state index contributed by atoms with van der Waals surface area (Å²) in [6, 6.07) is 0. The van der Waals surface area contributed by atoms with Crippen molar-refractivity contribution >= 4 is 16.4 Å². The lowest BCUT2D eigenvalue weighted by Crippen LogP contribution is -2.60. The minimum absolute atomic E-state index is 0.0320. The number of carbonyl (C=O) groups is 1. The first-order valence-corrected chi connectivity index (χ1v) is 30.8. The largest absolute Gasteiger partial charge is 0.457 e. The highest BCUT2D eigenvalue weighted by Gasteiger charge is 2.48. The third kappa shape index (κ3) is 42.3. The fourth-order valence-electron chi connectivity index (χ4n) is 9.08. The molecule has 6 unspecified atom stereocenters. The molecule has 4 N–H and O–H groups in total. The van der Waals surface area contributed by atoms with Gasteiger partial charge < -0.3 is 34.3 Å². The molecule has 0 saturated carbocycles. The monoisotopic (exact) mass is 1040 g/mol. The molecule has 0 spiro atoms. The first-order chi connectivity index (χ1) is 35.1. The van der Waals surface area contributed by atoms with Crippen LogP contribution in [0.4, 0.5) is 0 Å². The minimum atomic E-state index is -5.07. The molecule has 0 aromatic carbocycles. The molecule has 12 nitrogen and oxygen atoms in total. The van der Waals surface area contributed by atoms with Crippen molar-refractivity contribution in [3.05, 3.63) is 48.6 Å². The molecule has 1 fully saturated rings. The van der Waals surface area contributed by atoms with E-state index in [0.717, 1.165) is 83.5 Å². The summed E-state index contributed by atoms with van der Waals surface area (Å²) in [5.41, 5.74) is 0. The number of aliphatic hydroxyl groups is 3. The number of unbranched alkanes of at least 4 members (excludes halogenated alkanes) is 31. The van der Waals surface area contributed by atoms with Crippen LogP contribution in [0.1, 0.15) is 258 Å². The number of esters is 1. The average Bonchev–Trinajstić information content (AvgIpc) is 3.36. The minimum Gasteiger partial charge on any atom is -0.457 e. The van der Waals surface area contributed by atoms with Crippen molar-refractivity contribution in [2.45, 2.75) is 295 Å². The molecule has 0 radical (unpaired) electrons. The molecule has 1 saturated heterocycles. The van der Waals surface area contributed by atoms with Gasteiger partial charge >= 0.3 is 16.4 Å². The first kappa shape index (κ1) is 68.1. The van der Waals surface area contributed by atoms with E-state index in [0.29, 0.717) is 13.0 Å². The van der Waals surface area contributed by atoms with Crippen LogP contribution in [0.2, 0.25) is 0 Å². The highest BCUT2D eigenvalue weighted by Crippen LogP contribution is 2.26. The summed E-state index contributed by atoms with van der Waals surface area (Å²) in [5, 5.41) is 30.8. The lowest BCUT2D eigenvalue weighted by atomic mass is 9.99. The van der Waals surface area contributed by atoms with Crippen LogP contribution < -0.4 is 0 Å². The van der Waals surface area contributed by atoms with E-state index in [4.69, 9.17) is 18.9 Å². The number of hydrogen-bond donors (Lipinski definition) is 4. The van der Waals surface area contributed by atoms with Gasteiger partial charge in [0.15, 0.2) is 6.29 Å². The molecule has 1 heterocycles. The van der Waals surface area contributed by atoms with Crippen molar-refractivity contribution in [2.75, 3.05) is 26.4 Å². The van der Waals surface area contributed by atoms with E-state index in [9.17, 15) is 33.1 Å². The quantitative estimate of drug-likeness (QED) is 0.0196. The summed E-state index contributed by atoms with van der Waals surface area (Å²) in [6.45, 7) is 3.91. The SMILES string of the molecule is CC/C=C\C/C=C\C/C=C\C/C=C\CCCCCCCCC(=O)OC(COCCCCCCCCCCCCCCCCCCCCCCCCCCCC)COC1OC(CO)C(O)C(OS(=O)(=O)O)C1O. The molecule has 1 rings (SSSR count). The molecule has 0 aromatic rings. The van der Waals surface area contributed by atoms with Crippen LogP contribution in [0, 0.1) is 0 Å². The number of aliphatic hydroxyl groups excluding tert-OH is 3. The van der Waals surface area contributed by atoms with E-state index in [1.54, 1.807) is 0 Å². The van der Waals surface area contributed by atoms with Gasteiger partial charge in [-0.2, -0.15) is 8.42 Å². The van der Waals surface area contributed by atoms with Crippen LogP contribution in [-0.2, 0) is 38.3 Å². The molecule has 13 heteroatoms. The molecule has 0 aromatic heterocycles. The predicted octanol–water partition coefficient (Wildman–Crippen LogP) is 14.6. The van der Waals surface area contributed by atoms with Gasteiger partial charge in [-0.25, -0.2) is 4.18 Å². The fraction of sp³-hybridized carbons (Fsp3) is 0.847. The smallest absolute Gasteiger partial charge is 0.397 e. The van der Waals surface area contributed by atoms with Crippen LogP contribution in [-0.4, -0.2) is 97.5 Å². The van der Waals surface area contributed by atoms with Crippen molar-refractivity contribution < 1.29 is 56.2 Å². The highest BCUT2D eigenvalue weighted by atomic mass is 32.3. The van der Waals surface area contributed by atoms with E-state index in [1.165, 1.54) is 148 Å². The van der Waals surface area contributed by atoms with Gasteiger partial charge in [0.05, 0.1) is 19.8 Å². The maximum Gasteiger partial charge on any atom is 0.397 e. The number of allylic oxidation sites excluding steroid dienone is 8. The van der Waals surface area contributed by atoms with Gasteiger partial charge in [-0.1, -0.05) is 249 Å². The number of rotatable bonds is 52. The molecular weight excluding hydrogens is 933 g/mol. The first-order valence-electron chi connectivity index (χ1n) is 29.4. The fourth-order valence-corrected chi connectivity index (χ4v) is 9.59. The number of hydrogen-bond acceptors (Lipinski definition) is 11. The Bertz CT molecular complexity index is 1430. The van der Waals surface area contributed by atoms with E-state index in [1.807, 2.05) is 0 Å². The van der Waals surface area contributed by atoms with Gasteiger partial charge in [0.1, 0.15) is 30.5 Å². The molecule has 0 bridgehead atoms. The van der Waals surface area contributed by atoms with Gasteiger partial charge in [0.2, 0.25) is 0 Å². The number of carbonyl (C=O) groups excluding carboxylic acids is 1. The Morgan fingerprint density at radius 3 is 1.40 bits per heavy atom. The summed E-state index contributed by atoms with van der Waals surface area (Å²) in [7, 11) is -5.07. The van der Waals surface area contributed by atoms with Gasteiger partial charge in [0.25, 0.3) is 0 Å². The van der Waals surface area contributed by atoms with Crippen molar-refractivity contribution in [3.63, 3.8) is 0 Å². The molecule has 0 aliphatic carbocycles. The van der Waals surface area contributed by atoms with Crippen molar-refractivity contribution in [2.24, 2.45) is 0 Å². The maximum absolute atomic E-state index is 12.9. The van der Waals surface area contributed by atoms with Crippen molar-refractivity contribution in [1.82, 2.24) is 0 Å². The van der Waals surface area contributed by atoms with Crippen molar-refractivity contribution in [3.8, 4) is 0 Å². The lowest BCUT2D eigenvalue weighted by molar-refractivity contribution is -0.301. The zero-order valence-corrected chi connectivity index (χ0v) is 46.6. The zero-order valence-electron chi connectivity index (χ0n) is 45.7. The molecule has 1 aliphatic heterocycles. The number of ether oxygens (including phenoxy) is 4. The van der Waals surface area contributed by atoms with Gasteiger partial charge in [-0.3, -0.25) is 9.35 Å². The van der Waals surface area contributed by atoms with Gasteiger partial charge in [-0.05, 0) is 51.4 Å². The normalized spacial score (nSPS) is 19.2. The molecular formula is C59H108O12S. The second-order valence-electron chi connectivity index (χ2n) is 20.2. The summed E-state index contributed by atoms with van der Waals surface area (Å²) in [5.74, 6) is -0.409. The summed E-state index contributed by atoms with van der Waals surface area (Å²) in [6.07, 6.45) is 54.4. The third-order valence-corrected chi connectivity index (χ3v) is 13.9. The standard InChI is InChI=1S/C59H108O12S/c1-3-5-7-9-11-13-15-17-19-21-23-24-25-26-27-28-29-31-33-35-37-39-41-43-45-47-49-67-51-53(52-68-59-57(63)58(71-72(64,65)66)56(62)54(50-60)70-59)69-55(61)48-46-44-42-40-38-36-34-32-30-22-20-18-16-14-12-10-8-6-4-2/h6,8,12,14,18,20,30,32,53-54,56-60,62-63H,3-5,7,9-11,13,15-17,19,21-29,31,33-52H2,1-2H3,(H,64,65,66)/b8-6-,14-12-,20-18-,32-30-. The third-order valence-electron chi connectivity index (χ3n) is 13.5. The van der Waals surface area contributed by atoms with E-state index >= 15 is 0 Å². The Kier molecular flexibility index (Phi) is 47.2. The van der Waals surface area contributed by atoms with Crippen LogP contribution in [0.3, 0.4) is 0 Å². The highest BCUT2D eigenvalue weighted by molar-refractivity contribution is 7.80. The lowest BCUT2D eigenvalue weighted by Gasteiger charge is -2.41. The Hall–Kier alpha value is -1.94. The Morgan fingerprint density at radius 1 is 0.542 bits per heavy atom. The molecule has 422 valence electrons. The second kappa shape index (κ2) is 49.9. The van der Waals surface area contributed by atoms with Gasteiger partial charge in [0, 0.05) is 13.0 Å². The maximum atomic E-state index is 12.9. The Balaban J connectivity index is 2.27. The average molecular weight is 1040 g/mol. The van der Waals surface area contributed by atoms with Gasteiger partial charge in [-0.15, -0.1) is 0 Å². The molecule has 0 amide bonds. The topological polar surface area (TPSA) is 178 Å². The Labute approximate surface area is 440 Å². The zero-order chi connectivity index (χ0) is 52.4. The molecule has 72 heavy (non-hydrogen) atoms. The summed E-state index contributed by atoms with van der Waals surface area (Å²) in [4.78, 5) is 12.9.